The largest absolute Gasteiger partial charge is 0.500 e. The van der Waals surface area contributed by atoms with Gasteiger partial charge in [-0.25, -0.2) is 0 Å². The number of hydrogen-bond acceptors (Lipinski definition) is 7. The minimum absolute atomic E-state index is 0.0763. The zero-order valence-corrected chi connectivity index (χ0v) is 15.2. The SMILES string of the molecule is COc1cc(/C=C2/C(=O)NC(=S)N(c3ccccc3)C2=O)cc([N+](=O)[O-])c1O. The molecule has 9 nitrogen and oxygen atoms in total. The van der Waals surface area contributed by atoms with Crippen LogP contribution in [0.3, 0.4) is 0 Å². The number of nitro benzene ring substituents is 1. The second kappa shape index (κ2) is 7.45. The van der Waals surface area contributed by atoms with Gasteiger partial charge in [-0.1, -0.05) is 18.2 Å². The van der Waals surface area contributed by atoms with Gasteiger partial charge in [-0.3, -0.25) is 29.9 Å². The summed E-state index contributed by atoms with van der Waals surface area (Å²) in [5.41, 5.74) is -0.317. The first-order valence-corrected chi connectivity index (χ1v) is 8.26. The molecule has 0 unspecified atom stereocenters. The molecule has 1 saturated heterocycles. The van der Waals surface area contributed by atoms with E-state index in [4.69, 9.17) is 17.0 Å². The highest BCUT2D eigenvalue weighted by molar-refractivity contribution is 7.80. The van der Waals surface area contributed by atoms with Crippen LogP contribution >= 0.6 is 12.2 Å². The number of rotatable bonds is 4. The third kappa shape index (κ3) is 3.40. The molecule has 1 heterocycles. The molecule has 0 radical (unpaired) electrons. The standard InChI is InChI=1S/C18H13N3O6S/c1-27-14-9-10(8-13(15(14)22)21(25)26)7-12-16(23)19-18(28)20(17(12)24)11-5-3-2-4-6-11/h2-9,22H,1H3,(H,19,23,28)/b12-7-. The molecule has 2 aromatic rings. The fourth-order valence-corrected chi connectivity index (χ4v) is 2.91. The highest BCUT2D eigenvalue weighted by atomic mass is 32.1. The summed E-state index contributed by atoms with van der Waals surface area (Å²) in [6, 6.07) is 10.8. The first kappa shape index (κ1) is 19.0. The lowest BCUT2D eigenvalue weighted by molar-refractivity contribution is -0.386. The van der Waals surface area contributed by atoms with Gasteiger partial charge in [0.15, 0.2) is 10.9 Å². The number of phenols is 1. The van der Waals surface area contributed by atoms with Gasteiger partial charge in [-0.2, -0.15) is 0 Å². The van der Waals surface area contributed by atoms with E-state index in [0.29, 0.717) is 5.69 Å². The van der Waals surface area contributed by atoms with Crippen molar-refractivity contribution in [3.63, 3.8) is 0 Å². The fraction of sp³-hybridized carbons (Fsp3) is 0.0556. The Bertz CT molecular complexity index is 1040. The number of amides is 2. The van der Waals surface area contributed by atoms with Gasteiger partial charge in [-0.05, 0) is 42.1 Å². The molecule has 0 spiro atoms. The molecular weight excluding hydrogens is 386 g/mol. The van der Waals surface area contributed by atoms with Crippen molar-refractivity contribution in [1.29, 1.82) is 0 Å². The number of thiocarbonyl (C=S) groups is 1. The number of carbonyl (C=O) groups excluding carboxylic acids is 2. The summed E-state index contributed by atoms with van der Waals surface area (Å²) >= 11 is 5.10. The summed E-state index contributed by atoms with van der Waals surface area (Å²) in [6.07, 6.45) is 1.17. The molecule has 2 amide bonds. The smallest absolute Gasteiger partial charge is 0.315 e. The van der Waals surface area contributed by atoms with Crippen molar-refractivity contribution in [2.45, 2.75) is 0 Å². The lowest BCUT2D eigenvalue weighted by Gasteiger charge is -2.28. The monoisotopic (exact) mass is 399 g/mol. The number of carbonyl (C=O) groups is 2. The molecule has 0 bridgehead atoms. The summed E-state index contributed by atoms with van der Waals surface area (Å²) in [4.78, 5) is 36.7. The Morgan fingerprint density at radius 2 is 1.93 bits per heavy atom. The van der Waals surface area contributed by atoms with Crippen LogP contribution in [-0.2, 0) is 9.59 Å². The molecule has 28 heavy (non-hydrogen) atoms. The molecule has 142 valence electrons. The lowest BCUT2D eigenvalue weighted by Crippen LogP contribution is -2.54. The Hall–Kier alpha value is -3.79. The van der Waals surface area contributed by atoms with Crippen molar-refractivity contribution in [2.75, 3.05) is 12.0 Å². The van der Waals surface area contributed by atoms with Crippen LogP contribution in [0, 0.1) is 10.1 Å². The average Bonchev–Trinajstić information content (AvgIpc) is 2.66. The van der Waals surface area contributed by atoms with Crippen LogP contribution in [0.5, 0.6) is 11.5 Å². The number of benzene rings is 2. The molecule has 1 aliphatic rings. The number of phenolic OH excluding ortho intramolecular Hbond substituents is 1. The molecule has 2 N–H and O–H groups in total. The highest BCUT2D eigenvalue weighted by Crippen LogP contribution is 2.37. The number of aromatic hydroxyl groups is 1. The molecule has 10 heteroatoms. The molecule has 0 saturated carbocycles. The average molecular weight is 399 g/mol. The summed E-state index contributed by atoms with van der Waals surface area (Å²) in [5, 5.41) is 23.3. The van der Waals surface area contributed by atoms with E-state index >= 15 is 0 Å². The number of nitrogens with zero attached hydrogens (tertiary/aromatic N) is 2. The molecule has 2 aromatic carbocycles. The van der Waals surface area contributed by atoms with Crippen molar-refractivity contribution >= 4 is 46.6 Å². The van der Waals surface area contributed by atoms with Crippen LogP contribution in [0.4, 0.5) is 11.4 Å². The van der Waals surface area contributed by atoms with Gasteiger partial charge >= 0.3 is 5.69 Å². The number of anilines is 1. The number of para-hydroxylation sites is 1. The second-order valence-corrected chi connectivity index (χ2v) is 6.03. The van der Waals surface area contributed by atoms with Crippen LogP contribution in [-0.4, -0.2) is 34.1 Å². The van der Waals surface area contributed by atoms with E-state index in [9.17, 15) is 24.8 Å². The maximum Gasteiger partial charge on any atom is 0.315 e. The molecule has 1 aliphatic heterocycles. The lowest BCUT2D eigenvalue weighted by atomic mass is 10.1. The van der Waals surface area contributed by atoms with Crippen molar-refractivity contribution in [1.82, 2.24) is 5.32 Å². The van der Waals surface area contributed by atoms with Gasteiger partial charge in [0.05, 0.1) is 17.7 Å². The minimum atomic E-state index is -0.798. The fourth-order valence-electron chi connectivity index (χ4n) is 2.63. The first-order valence-electron chi connectivity index (χ1n) is 7.85. The Balaban J connectivity index is 2.09. The summed E-state index contributed by atoms with van der Waals surface area (Å²) in [5.74, 6) is -2.24. The number of ether oxygens (including phenoxy) is 1. The number of nitro groups is 1. The van der Waals surface area contributed by atoms with Gasteiger partial charge < -0.3 is 9.84 Å². The van der Waals surface area contributed by atoms with Gasteiger partial charge in [0.25, 0.3) is 11.8 Å². The molecule has 1 fully saturated rings. The quantitative estimate of drug-likeness (QED) is 0.265. The van der Waals surface area contributed by atoms with Gasteiger partial charge in [-0.15, -0.1) is 0 Å². The van der Waals surface area contributed by atoms with Crippen LogP contribution in [0.2, 0.25) is 0 Å². The van der Waals surface area contributed by atoms with E-state index in [1.165, 1.54) is 19.3 Å². The molecule has 3 rings (SSSR count). The van der Waals surface area contributed by atoms with Gasteiger partial charge in [0, 0.05) is 6.07 Å². The zero-order valence-electron chi connectivity index (χ0n) is 14.4. The van der Waals surface area contributed by atoms with E-state index in [2.05, 4.69) is 5.32 Å². The van der Waals surface area contributed by atoms with Crippen LogP contribution in [0.1, 0.15) is 5.56 Å². The maximum absolute atomic E-state index is 12.9. The number of hydrogen-bond donors (Lipinski definition) is 2. The van der Waals surface area contributed by atoms with Gasteiger partial charge in [0.1, 0.15) is 5.57 Å². The van der Waals surface area contributed by atoms with E-state index in [0.717, 1.165) is 11.0 Å². The molecule has 0 aliphatic carbocycles. The van der Waals surface area contributed by atoms with Crippen LogP contribution in [0.15, 0.2) is 48.0 Å². The normalized spacial score (nSPS) is 15.5. The molecule has 0 atom stereocenters. The van der Waals surface area contributed by atoms with Crippen molar-refractivity contribution < 1.29 is 24.4 Å². The predicted molar refractivity (Wildman–Crippen MR) is 104 cm³/mol. The number of nitrogens with one attached hydrogen (secondary N) is 1. The second-order valence-electron chi connectivity index (χ2n) is 5.64. The number of methoxy groups -OCH3 is 1. The van der Waals surface area contributed by atoms with Crippen LogP contribution < -0.4 is 15.0 Å². The third-order valence-electron chi connectivity index (χ3n) is 3.92. The Morgan fingerprint density at radius 1 is 1.25 bits per heavy atom. The van der Waals surface area contributed by atoms with Crippen molar-refractivity contribution in [3.05, 3.63) is 63.7 Å². The zero-order chi connectivity index (χ0) is 20.4. The van der Waals surface area contributed by atoms with E-state index in [1.807, 2.05) is 0 Å². The van der Waals surface area contributed by atoms with E-state index in [-0.39, 0.29) is 22.0 Å². The van der Waals surface area contributed by atoms with E-state index in [1.54, 1.807) is 30.3 Å². The van der Waals surface area contributed by atoms with Crippen molar-refractivity contribution in [2.24, 2.45) is 0 Å². The highest BCUT2D eigenvalue weighted by Gasteiger charge is 2.34. The van der Waals surface area contributed by atoms with Crippen molar-refractivity contribution in [3.8, 4) is 11.5 Å². The Labute approximate surface area is 164 Å². The van der Waals surface area contributed by atoms with Gasteiger partial charge in [0.2, 0.25) is 5.75 Å². The summed E-state index contributed by atoms with van der Waals surface area (Å²) in [6.45, 7) is 0. The first-order chi connectivity index (χ1) is 13.3. The van der Waals surface area contributed by atoms with E-state index < -0.39 is 28.2 Å². The predicted octanol–water partition coefficient (Wildman–Crippen LogP) is 2.14. The molecular formula is C18H13N3O6S. The summed E-state index contributed by atoms with van der Waals surface area (Å²) in [7, 11) is 1.23. The minimum Gasteiger partial charge on any atom is -0.500 e. The Kier molecular flexibility index (Phi) is 5.05. The molecule has 0 aromatic heterocycles. The van der Waals surface area contributed by atoms with Crippen LogP contribution in [0.25, 0.3) is 6.08 Å². The maximum atomic E-state index is 12.9. The summed E-state index contributed by atoms with van der Waals surface area (Å²) < 4.78 is 4.93. The Morgan fingerprint density at radius 3 is 2.54 bits per heavy atom. The third-order valence-corrected chi connectivity index (χ3v) is 4.21. The topological polar surface area (TPSA) is 122 Å².